The highest BCUT2D eigenvalue weighted by atomic mass is 19.1. The minimum atomic E-state index is -0.607. The Balaban J connectivity index is 1.60. The van der Waals surface area contributed by atoms with Crippen molar-refractivity contribution in [2.75, 3.05) is 0 Å². The van der Waals surface area contributed by atoms with E-state index < -0.39 is 5.83 Å². The van der Waals surface area contributed by atoms with Crippen molar-refractivity contribution >= 4 is 0 Å². The van der Waals surface area contributed by atoms with Crippen LogP contribution in [0.25, 0.3) is 0 Å². The molecule has 1 aliphatic rings. The summed E-state index contributed by atoms with van der Waals surface area (Å²) in [7, 11) is 0. The molecule has 0 unspecified atom stereocenters. The van der Waals surface area contributed by atoms with Crippen LogP contribution in [0.4, 0.5) is 4.39 Å². The van der Waals surface area contributed by atoms with Crippen LogP contribution >= 0.6 is 0 Å². The van der Waals surface area contributed by atoms with Crippen molar-refractivity contribution in [1.82, 2.24) is 0 Å². The van der Waals surface area contributed by atoms with E-state index in [0.29, 0.717) is 0 Å². The van der Waals surface area contributed by atoms with Crippen LogP contribution in [0.5, 0.6) is 0 Å². The van der Waals surface area contributed by atoms with Crippen molar-refractivity contribution in [3.8, 4) is 6.07 Å². The second-order valence-electron chi connectivity index (χ2n) is 7.57. The summed E-state index contributed by atoms with van der Waals surface area (Å²) >= 11 is 0. The van der Waals surface area contributed by atoms with E-state index in [-0.39, 0.29) is 5.92 Å². The van der Waals surface area contributed by atoms with E-state index in [2.05, 4.69) is 31.2 Å². The van der Waals surface area contributed by atoms with Gasteiger partial charge in [-0.2, -0.15) is 9.65 Å². The number of aryl methyl sites for hydroxylation is 2. The monoisotopic (exact) mass is 341 g/mol. The molecule has 0 spiro atoms. The number of hydrogen-bond acceptors (Lipinski definition) is 1. The summed E-state index contributed by atoms with van der Waals surface area (Å²) in [5.74, 6) is 0.470. The Morgan fingerprint density at radius 3 is 2.20 bits per heavy atom. The molecule has 1 nitrogen and oxygen atoms in total. The van der Waals surface area contributed by atoms with Gasteiger partial charge in [-0.05, 0) is 80.4 Å². The maximum absolute atomic E-state index is 13.0. The number of allylic oxidation sites excluding steroid dienone is 2. The summed E-state index contributed by atoms with van der Waals surface area (Å²) in [6, 6.07) is 10.8. The van der Waals surface area contributed by atoms with Crippen LogP contribution in [0, 0.1) is 23.2 Å². The van der Waals surface area contributed by atoms with Crippen LogP contribution in [-0.4, -0.2) is 0 Å². The summed E-state index contributed by atoms with van der Waals surface area (Å²) < 4.78 is 13.0. The number of benzene rings is 1. The third kappa shape index (κ3) is 7.43. The molecule has 0 amide bonds. The molecular formula is C23H32FN. The van der Waals surface area contributed by atoms with Gasteiger partial charge in [0, 0.05) is 0 Å². The average molecular weight is 342 g/mol. The van der Waals surface area contributed by atoms with Crippen LogP contribution in [0.1, 0.15) is 75.8 Å². The van der Waals surface area contributed by atoms with Crippen molar-refractivity contribution in [3.63, 3.8) is 0 Å². The lowest BCUT2D eigenvalue weighted by Gasteiger charge is -2.26. The van der Waals surface area contributed by atoms with Gasteiger partial charge in [-0.3, -0.25) is 0 Å². The maximum Gasteiger partial charge on any atom is 0.196 e. The van der Waals surface area contributed by atoms with Crippen LogP contribution in [-0.2, 0) is 12.8 Å². The fraction of sp³-hybridized carbons (Fsp3) is 0.609. The number of hydrogen-bond donors (Lipinski definition) is 0. The van der Waals surface area contributed by atoms with Gasteiger partial charge in [-0.1, -0.05) is 50.5 Å². The lowest BCUT2D eigenvalue weighted by atomic mass is 9.79. The smallest absolute Gasteiger partial charge is 0.195 e. The van der Waals surface area contributed by atoms with Gasteiger partial charge in [-0.25, -0.2) is 0 Å². The number of unbranched alkanes of at least 4 members (excludes halogenated alkanes) is 2. The molecule has 25 heavy (non-hydrogen) atoms. The number of nitriles is 1. The van der Waals surface area contributed by atoms with Crippen molar-refractivity contribution < 1.29 is 4.39 Å². The Kier molecular flexibility index (Phi) is 8.73. The normalized spacial score (nSPS) is 21.1. The molecule has 0 radical (unpaired) electrons. The van der Waals surface area contributed by atoms with Gasteiger partial charge in [0.25, 0.3) is 0 Å². The van der Waals surface area contributed by atoms with Gasteiger partial charge < -0.3 is 0 Å². The molecule has 0 aliphatic heterocycles. The van der Waals surface area contributed by atoms with Gasteiger partial charge in [0.05, 0.1) is 0 Å². The largest absolute Gasteiger partial charge is 0.196 e. The Morgan fingerprint density at radius 2 is 1.64 bits per heavy atom. The molecule has 0 saturated heterocycles. The molecule has 1 saturated carbocycles. The molecule has 136 valence electrons. The van der Waals surface area contributed by atoms with Gasteiger partial charge in [0.1, 0.15) is 6.07 Å². The van der Waals surface area contributed by atoms with Crippen LogP contribution in [0.3, 0.4) is 0 Å². The van der Waals surface area contributed by atoms with Crippen molar-refractivity contribution in [1.29, 1.82) is 5.26 Å². The van der Waals surface area contributed by atoms with Gasteiger partial charge >= 0.3 is 0 Å². The van der Waals surface area contributed by atoms with E-state index in [0.717, 1.165) is 18.8 Å². The van der Waals surface area contributed by atoms with E-state index in [9.17, 15) is 4.39 Å². The van der Waals surface area contributed by atoms with E-state index >= 15 is 0 Å². The highest BCUT2D eigenvalue weighted by Crippen LogP contribution is 2.33. The summed E-state index contributed by atoms with van der Waals surface area (Å²) in [5, 5.41) is 8.51. The van der Waals surface area contributed by atoms with E-state index in [1.165, 1.54) is 75.0 Å². The Labute approximate surface area is 152 Å². The predicted octanol–water partition coefficient (Wildman–Crippen LogP) is 6.93. The molecule has 1 aromatic rings. The number of rotatable bonds is 9. The highest BCUT2D eigenvalue weighted by Gasteiger charge is 2.20. The van der Waals surface area contributed by atoms with E-state index in [1.54, 1.807) is 6.07 Å². The average Bonchev–Trinajstić information content (AvgIpc) is 2.65. The lowest BCUT2D eigenvalue weighted by molar-refractivity contribution is 0.288. The van der Waals surface area contributed by atoms with Gasteiger partial charge in [0.15, 0.2) is 5.83 Å². The van der Waals surface area contributed by atoms with Crippen molar-refractivity contribution in [3.05, 3.63) is 47.3 Å². The van der Waals surface area contributed by atoms with E-state index in [1.807, 2.05) is 0 Å². The molecule has 2 rings (SSSR count). The number of nitrogens with zero attached hydrogens (tertiary/aromatic N) is 1. The summed E-state index contributed by atoms with van der Waals surface area (Å²) in [6.45, 7) is 2.24. The highest BCUT2D eigenvalue weighted by molar-refractivity contribution is 5.22. The first-order chi connectivity index (χ1) is 12.2. The molecule has 2 heteroatoms. The fourth-order valence-electron chi connectivity index (χ4n) is 3.90. The second-order valence-corrected chi connectivity index (χ2v) is 7.57. The zero-order valence-corrected chi connectivity index (χ0v) is 15.6. The van der Waals surface area contributed by atoms with Crippen molar-refractivity contribution in [2.24, 2.45) is 11.8 Å². The summed E-state index contributed by atoms with van der Waals surface area (Å²) in [4.78, 5) is 0. The van der Waals surface area contributed by atoms with Crippen LogP contribution < -0.4 is 0 Å². The molecule has 0 bridgehead atoms. The molecule has 0 N–H and O–H groups in total. The van der Waals surface area contributed by atoms with Crippen LogP contribution in [0.15, 0.2) is 36.2 Å². The summed E-state index contributed by atoms with van der Waals surface area (Å²) in [5.41, 5.74) is 2.92. The first-order valence-electron chi connectivity index (χ1n) is 10.1. The molecule has 1 aliphatic carbocycles. The number of halogens is 1. The molecule has 1 fully saturated rings. The Morgan fingerprint density at radius 1 is 1.04 bits per heavy atom. The molecular weight excluding hydrogens is 309 g/mol. The van der Waals surface area contributed by atoms with Crippen molar-refractivity contribution in [2.45, 2.75) is 77.6 Å². The zero-order chi connectivity index (χ0) is 17.9. The van der Waals surface area contributed by atoms with Gasteiger partial charge in [-0.15, -0.1) is 0 Å². The third-order valence-corrected chi connectivity index (χ3v) is 5.55. The first-order valence-corrected chi connectivity index (χ1v) is 10.1. The standard InChI is InChI=1S/C23H32FN/c1-2-3-6-19-9-11-20(12-10-19)7-4-5-8-21-13-15-22(16-14-21)17-23(24)18-25/h9-12,17,21-22H,2-8,13-16H2,1H3/b23-17+/t21-,22-. The maximum atomic E-state index is 13.0. The van der Waals surface area contributed by atoms with Gasteiger partial charge in [0.2, 0.25) is 0 Å². The van der Waals surface area contributed by atoms with Crippen LogP contribution in [0.2, 0.25) is 0 Å². The minimum Gasteiger partial charge on any atom is -0.195 e. The topological polar surface area (TPSA) is 23.8 Å². The minimum absolute atomic E-state index is 0.280. The molecule has 0 aromatic heterocycles. The predicted molar refractivity (Wildman–Crippen MR) is 103 cm³/mol. The fourth-order valence-corrected chi connectivity index (χ4v) is 3.90. The SMILES string of the molecule is CCCCc1ccc(CCCC[C@H]2CC[C@H](/C=C(/F)C#N)CC2)cc1. The molecule has 1 aromatic carbocycles. The van der Waals surface area contributed by atoms with E-state index in [4.69, 9.17) is 5.26 Å². The molecule has 0 atom stereocenters. The molecule has 0 heterocycles. The lowest BCUT2D eigenvalue weighted by Crippen LogP contribution is -2.13. The second kappa shape index (κ2) is 11.1. The summed E-state index contributed by atoms with van der Waals surface area (Å²) in [6.07, 6.45) is 14.7. The zero-order valence-electron chi connectivity index (χ0n) is 15.6. The first kappa shape index (κ1) is 19.7. The third-order valence-electron chi connectivity index (χ3n) is 5.55. The Hall–Kier alpha value is -1.62. The quantitative estimate of drug-likeness (QED) is 0.353. The Bertz CT molecular complexity index is 559.